The van der Waals surface area contributed by atoms with Gasteiger partial charge in [0.25, 0.3) is 0 Å². The molecule has 4 nitrogen and oxygen atoms in total. The molecule has 1 aromatic heterocycles. The molecule has 1 heterocycles. The van der Waals surface area contributed by atoms with Gasteiger partial charge < -0.3 is 10.2 Å². The Morgan fingerprint density at radius 2 is 2.11 bits per heavy atom. The largest absolute Gasteiger partial charge is 0.353 e. The first-order chi connectivity index (χ1) is 8.75. The van der Waals surface area contributed by atoms with E-state index in [4.69, 9.17) is 0 Å². The average Bonchev–Trinajstić information content (AvgIpc) is 2.98. The first-order valence-corrected chi connectivity index (χ1v) is 8.40. The van der Waals surface area contributed by atoms with Gasteiger partial charge in [-0.15, -0.1) is 10.2 Å². The van der Waals surface area contributed by atoms with Gasteiger partial charge in [0.05, 0.1) is 0 Å². The summed E-state index contributed by atoms with van der Waals surface area (Å²) in [5.74, 6) is 2.01. The van der Waals surface area contributed by atoms with Gasteiger partial charge in [0.1, 0.15) is 0 Å². The van der Waals surface area contributed by atoms with E-state index in [1.165, 1.54) is 32.2 Å². The van der Waals surface area contributed by atoms with Gasteiger partial charge in [-0.05, 0) is 25.3 Å². The zero-order chi connectivity index (χ0) is 12.8. The van der Waals surface area contributed by atoms with E-state index in [1.54, 1.807) is 23.1 Å². The van der Waals surface area contributed by atoms with Crippen LogP contribution in [0, 0.1) is 5.92 Å². The maximum Gasteiger partial charge on any atom is 0.208 e. The second-order valence-electron chi connectivity index (χ2n) is 4.95. The van der Waals surface area contributed by atoms with Crippen molar-refractivity contribution in [1.82, 2.24) is 15.5 Å². The summed E-state index contributed by atoms with van der Waals surface area (Å²) in [6, 6.07) is 0. The second-order valence-corrected chi connectivity index (χ2v) is 7.25. The molecule has 0 atom stereocenters. The minimum absolute atomic E-state index is 0.928. The molecule has 0 bridgehead atoms. The van der Waals surface area contributed by atoms with Gasteiger partial charge in [-0.1, -0.05) is 35.9 Å². The summed E-state index contributed by atoms with van der Waals surface area (Å²) < 4.78 is 1.07. The van der Waals surface area contributed by atoms with E-state index in [0.717, 1.165) is 27.7 Å². The Kier molecular flexibility index (Phi) is 5.72. The lowest BCUT2D eigenvalue weighted by Gasteiger charge is -2.09. The van der Waals surface area contributed by atoms with Crippen molar-refractivity contribution >= 4 is 28.2 Å². The maximum absolute atomic E-state index is 4.17. The van der Waals surface area contributed by atoms with Crippen molar-refractivity contribution in [3.8, 4) is 0 Å². The Balaban J connectivity index is 1.56. The van der Waals surface area contributed by atoms with Crippen molar-refractivity contribution in [3.63, 3.8) is 0 Å². The number of nitrogens with one attached hydrogen (secondary N) is 1. The predicted octanol–water partition coefficient (Wildman–Crippen LogP) is 2.48. The molecule has 0 aliphatic heterocycles. The molecule has 1 aliphatic carbocycles. The van der Waals surface area contributed by atoms with E-state index in [1.807, 2.05) is 19.0 Å². The fourth-order valence-corrected chi connectivity index (χ4v) is 3.90. The van der Waals surface area contributed by atoms with Crippen LogP contribution in [0.2, 0.25) is 0 Å². The molecule has 1 saturated carbocycles. The second kappa shape index (κ2) is 7.31. The summed E-state index contributed by atoms with van der Waals surface area (Å²) in [6.45, 7) is 2.26. The van der Waals surface area contributed by atoms with Gasteiger partial charge >= 0.3 is 0 Å². The number of thioether (sulfide) groups is 1. The minimum Gasteiger partial charge on any atom is -0.353 e. The molecule has 2 rings (SSSR count). The van der Waals surface area contributed by atoms with Crippen molar-refractivity contribution < 1.29 is 0 Å². The van der Waals surface area contributed by atoms with Crippen LogP contribution in [0.25, 0.3) is 0 Å². The van der Waals surface area contributed by atoms with Crippen LogP contribution in [0.3, 0.4) is 0 Å². The van der Waals surface area contributed by atoms with Gasteiger partial charge in [-0.3, -0.25) is 0 Å². The highest BCUT2D eigenvalue weighted by Gasteiger charge is 2.13. The fraction of sp³-hybridized carbons (Fsp3) is 0.833. The smallest absolute Gasteiger partial charge is 0.208 e. The third-order valence-electron chi connectivity index (χ3n) is 3.19. The zero-order valence-electron chi connectivity index (χ0n) is 11.2. The Morgan fingerprint density at radius 1 is 1.33 bits per heavy atom. The van der Waals surface area contributed by atoms with Crippen molar-refractivity contribution in [2.24, 2.45) is 5.92 Å². The Labute approximate surface area is 118 Å². The Morgan fingerprint density at radius 3 is 2.78 bits per heavy atom. The Hall–Kier alpha value is -0.330. The van der Waals surface area contributed by atoms with Gasteiger partial charge in [-0.25, -0.2) is 0 Å². The molecular weight excluding hydrogens is 264 g/mol. The molecule has 1 fully saturated rings. The number of rotatable bonds is 7. The molecule has 1 N–H and O–H groups in total. The number of hydrogen-bond donors (Lipinski definition) is 1. The van der Waals surface area contributed by atoms with Gasteiger partial charge in [0, 0.05) is 26.4 Å². The van der Waals surface area contributed by atoms with E-state index in [9.17, 15) is 0 Å². The van der Waals surface area contributed by atoms with E-state index < -0.39 is 0 Å². The van der Waals surface area contributed by atoms with E-state index in [2.05, 4.69) is 15.5 Å². The van der Waals surface area contributed by atoms with Crippen molar-refractivity contribution in [1.29, 1.82) is 0 Å². The summed E-state index contributed by atoms with van der Waals surface area (Å²) >= 11 is 3.46. The van der Waals surface area contributed by atoms with Crippen LogP contribution >= 0.6 is 23.1 Å². The molecule has 0 aromatic carbocycles. The lowest BCUT2D eigenvalue weighted by atomic mass is 10.1. The molecule has 102 valence electrons. The van der Waals surface area contributed by atoms with Crippen LogP contribution in [0.4, 0.5) is 5.13 Å². The molecule has 18 heavy (non-hydrogen) atoms. The highest BCUT2D eigenvalue weighted by molar-refractivity contribution is 8.01. The summed E-state index contributed by atoms with van der Waals surface area (Å²) in [5, 5.41) is 12.8. The normalized spacial score (nSPS) is 16.3. The monoisotopic (exact) mass is 286 g/mol. The summed E-state index contributed by atoms with van der Waals surface area (Å²) in [7, 11) is 4.00. The van der Waals surface area contributed by atoms with Crippen LogP contribution in [-0.2, 0) is 0 Å². The number of nitrogens with zero attached hydrogens (tertiary/aromatic N) is 3. The molecule has 0 spiro atoms. The summed E-state index contributed by atoms with van der Waals surface area (Å²) in [6.07, 6.45) is 5.70. The van der Waals surface area contributed by atoms with Crippen molar-refractivity contribution in [2.75, 3.05) is 37.8 Å². The zero-order valence-corrected chi connectivity index (χ0v) is 12.8. The topological polar surface area (TPSA) is 41.1 Å². The molecule has 0 radical (unpaired) electrons. The van der Waals surface area contributed by atoms with Gasteiger partial charge in [-0.2, -0.15) is 0 Å². The standard InChI is InChI=1S/C12H22N4S2/c1-16(2)11-14-15-12(18-11)17-8-7-13-9-10-5-3-4-6-10/h10,13H,3-9H2,1-2H3. The van der Waals surface area contributed by atoms with Crippen molar-refractivity contribution in [3.05, 3.63) is 0 Å². The lowest BCUT2D eigenvalue weighted by molar-refractivity contribution is 0.500. The molecule has 0 unspecified atom stereocenters. The third kappa shape index (κ3) is 4.40. The van der Waals surface area contributed by atoms with Crippen LogP contribution in [-0.4, -0.2) is 43.1 Å². The molecular formula is C12H22N4S2. The predicted molar refractivity (Wildman–Crippen MR) is 79.8 cm³/mol. The summed E-state index contributed by atoms with van der Waals surface area (Å²) in [5.41, 5.74) is 0. The fourth-order valence-electron chi connectivity index (χ4n) is 2.17. The first-order valence-electron chi connectivity index (χ1n) is 6.60. The van der Waals surface area contributed by atoms with Crippen LogP contribution in [0.1, 0.15) is 25.7 Å². The number of anilines is 1. The SMILES string of the molecule is CN(C)c1nnc(SCCNCC2CCCC2)s1. The van der Waals surface area contributed by atoms with Gasteiger partial charge in [0.2, 0.25) is 5.13 Å². The maximum atomic E-state index is 4.17. The average molecular weight is 286 g/mol. The van der Waals surface area contributed by atoms with Gasteiger partial charge in [0.15, 0.2) is 4.34 Å². The highest BCUT2D eigenvalue weighted by Crippen LogP contribution is 2.26. The minimum atomic E-state index is 0.928. The highest BCUT2D eigenvalue weighted by atomic mass is 32.2. The quantitative estimate of drug-likeness (QED) is 0.616. The van der Waals surface area contributed by atoms with E-state index in [-0.39, 0.29) is 0 Å². The number of hydrogen-bond acceptors (Lipinski definition) is 6. The van der Waals surface area contributed by atoms with Crippen molar-refractivity contribution in [2.45, 2.75) is 30.0 Å². The van der Waals surface area contributed by atoms with Crippen LogP contribution in [0.5, 0.6) is 0 Å². The molecule has 1 aliphatic rings. The molecule has 0 saturated heterocycles. The molecule has 1 aromatic rings. The summed E-state index contributed by atoms with van der Waals surface area (Å²) in [4.78, 5) is 2.00. The molecule has 6 heteroatoms. The van der Waals surface area contributed by atoms with E-state index >= 15 is 0 Å². The molecule has 0 amide bonds. The third-order valence-corrected chi connectivity index (χ3v) is 5.42. The first kappa shape index (κ1) is 14.1. The number of aromatic nitrogens is 2. The van der Waals surface area contributed by atoms with Crippen LogP contribution < -0.4 is 10.2 Å². The lowest BCUT2D eigenvalue weighted by Crippen LogP contribution is -2.23. The van der Waals surface area contributed by atoms with E-state index in [0.29, 0.717) is 0 Å². The van der Waals surface area contributed by atoms with Crippen LogP contribution in [0.15, 0.2) is 4.34 Å². The Bertz CT molecular complexity index is 348.